The van der Waals surface area contributed by atoms with Crippen LogP contribution in [0.25, 0.3) is 0 Å². The summed E-state index contributed by atoms with van der Waals surface area (Å²) in [5.41, 5.74) is 2.60. The highest BCUT2D eigenvalue weighted by molar-refractivity contribution is 8.07. The van der Waals surface area contributed by atoms with Crippen LogP contribution in [-0.4, -0.2) is 45.2 Å². The molecule has 6 nitrogen and oxygen atoms in total. The van der Waals surface area contributed by atoms with Gasteiger partial charge in [-0.3, -0.25) is 9.22 Å². The third-order valence-electron chi connectivity index (χ3n) is 7.37. The van der Waals surface area contributed by atoms with E-state index in [9.17, 15) is 12.6 Å². The lowest BCUT2D eigenvalue weighted by molar-refractivity contribution is 0.0598. The monoisotopic (exact) mass is 519 g/mol. The van der Waals surface area contributed by atoms with Gasteiger partial charge in [-0.2, -0.15) is 14.2 Å². The van der Waals surface area contributed by atoms with E-state index in [0.29, 0.717) is 11.1 Å². The molecule has 2 atom stereocenters. The number of halogens is 2. The molecule has 2 saturated carbocycles. The van der Waals surface area contributed by atoms with Crippen molar-refractivity contribution in [3.63, 3.8) is 0 Å². The predicted molar refractivity (Wildman–Crippen MR) is 131 cm³/mol. The molecule has 10 heteroatoms. The number of benzene rings is 2. The van der Waals surface area contributed by atoms with Crippen LogP contribution in [0.1, 0.15) is 43.2 Å². The molecule has 2 aromatic carbocycles. The van der Waals surface area contributed by atoms with Crippen LogP contribution in [0, 0.1) is 11.8 Å². The van der Waals surface area contributed by atoms with Gasteiger partial charge in [-0.1, -0.05) is 60.7 Å². The average molecular weight is 520 g/mol. The number of amidine groups is 1. The molecule has 0 amide bonds. The van der Waals surface area contributed by atoms with Gasteiger partial charge < -0.3 is 0 Å². The molecule has 186 valence electrons. The maximum absolute atomic E-state index is 15.8. The van der Waals surface area contributed by atoms with E-state index >= 15 is 8.78 Å². The van der Waals surface area contributed by atoms with Crippen molar-refractivity contribution in [1.29, 1.82) is 0 Å². The van der Waals surface area contributed by atoms with Crippen molar-refractivity contribution in [3.8, 4) is 0 Å². The molecule has 2 heterocycles. The minimum absolute atomic E-state index is 0.0410. The number of alkyl halides is 2. The number of fused-ring (bicyclic) bond motifs is 1. The second kappa shape index (κ2) is 7.91. The van der Waals surface area contributed by atoms with Gasteiger partial charge in [-0.15, -0.1) is 0 Å². The van der Waals surface area contributed by atoms with Gasteiger partial charge in [0.05, 0.1) is 23.0 Å². The van der Waals surface area contributed by atoms with Gasteiger partial charge >= 0.3 is 10.2 Å². The van der Waals surface area contributed by atoms with Crippen molar-refractivity contribution >= 4 is 26.5 Å². The first-order valence-electron chi connectivity index (χ1n) is 12.0. The van der Waals surface area contributed by atoms with Crippen LogP contribution in [0.15, 0.2) is 65.7 Å². The van der Waals surface area contributed by atoms with Gasteiger partial charge in [0.2, 0.25) is 9.84 Å². The molecular formula is C25H27F2N3O3S2. The fourth-order valence-corrected chi connectivity index (χ4v) is 9.71. The number of sulfone groups is 1. The van der Waals surface area contributed by atoms with E-state index in [1.54, 1.807) is 60.7 Å². The lowest BCUT2D eigenvalue weighted by Crippen LogP contribution is -2.61. The van der Waals surface area contributed by atoms with E-state index < -0.39 is 48.7 Å². The second-order valence-electron chi connectivity index (χ2n) is 10.1. The van der Waals surface area contributed by atoms with Gasteiger partial charge in [0, 0.05) is 5.75 Å². The average Bonchev–Trinajstić information content (AvgIpc) is 3.76. The number of hydrogen-bond acceptors (Lipinski definition) is 6. The number of rotatable bonds is 8. The first-order chi connectivity index (χ1) is 16.7. The summed E-state index contributed by atoms with van der Waals surface area (Å²) in [6.07, 6.45) is 2.63. The molecule has 2 unspecified atom stereocenters. The van der Waals surface area contributed by atoms with E-state index in [1.807, 2.05) is 0 Å². The summed E-state index contributed by atoms with van der Waals surface area (Å²) in [4.78, 5) is 4.21. The first kappa shape index (κ1) is 23.2. The standard InChI is InChI=1S/C25H27F2N3O3S2/c26-24(27)17-23(20-7-3-1-4-8-20,21-9-5-2-6-10-21)30-22(24)28-25(29-30,34(31)15-18-11-12-18)35(32,33)16-19-13-14-19/h1-10,18-19,29H,11-17H2. The van der Waals surface area contributed by atoms with Crippen LogP contribution >= 0.6 is 0 Å². The predicted octanol–water partition coefficient (Wildman–Crippen LogP) is 3.78. The summed E-state index contributed by atoms with van der Waals surface area (Å²) < 4.78 is 70.5. The van der Waals surface area contributed by atoms with Crippen LogP contribution in [0.2, 0.25) is 0 Å². The first-order valence-corrected chi connectivity index (χ1v) is 14.9. The normalized spacial score (nSPS) is 27.9. The third kappa shape index (κ3) is 3.67. The summed E-state index contributed by atoms with van der Waals surface area (Å²) in [5, 5.41) is 1.22. The molecule has 0 aromatic heterocycles. The molecule has 6 rings (SSSR count). The van der Waals surface area contributed by atoms with E-state index in [2.05, 4.69) is 10.4 Å². The molecule has 35 heavy (non-hydrogen) atoms. The van der Waals surface area contributed by atoms with Crippen LogP contribution in [0.5, 0.6) is 0 Å². The smallest absolute Gasteiger partial charge is 0.271 e. The van der Waals surface area contributed by atoms with Crippen LogP contribution in [0.3, 0.4) is 0 Å². The highest BCUT2D eigenvalue weighted by Crippen LogP contribution is 2.54. The van der Waals surface area contributed by atoms with Crippen LogP contribution < -0.4 is 5.43 Å². The van der Waals surface area contributed by atoms with E-state index in [-0.39, 0.29) is 23.3 Å². The van der Waals surface area contributed by atoms with Crippen LogP contribution in [-0.2, 0) is 26.2 Å². The summed E-state index contributed by atoms with van der Waals surface area (Å²) in [6.45, 7) is 0. The van der Waals surface area contributed by atoms with Crippen molar-refractivity contribution in [2.24, 2.45) is 16.8 Å². The summed E-state index contributed by atoms with van der Waals surface area (Å²) in [5.74, 6) is -4.09. The van der Waals surface area contributed by atoms with E-state index in [4.69, 9.17) is 0 Å². The summed E-state index contributed by atoms with van der Waals surface area (Å²) >= 11 is 0. The molecule has 2 aromatic rings. The fourth-order valence-electron chi connectivity index (χ4n) is 5.17. The Kier molecular flexibility index (Phi) is 5.26. The molecule has 2 aliphatic carbocycles. The van der Waals surface area contributed by atoms with Crippen molar-refractivity contribution in [2.45, 2.75) is 47.9 Å². The Morgan fingerprint density at radius 2 is 1.49 bits per heavy atom. The van der Waals surface area contributed by atoms with Crippen molar-refractivity contribution in [3.05, 3.63) is 71.8 Å². The molecule has 1 saturated heterocycles. The second-order valence-corrected chi connectivity index (χ2v) is 14.1. The Balaban J connectivity index is 1.54. The minimum atomic E-state index is -4.16. The molecule has 1 N–H and O–H groups in total. The Morgan fingerprint density at radius 1 is 0.943 bits per heavy atom. The fraction of sp³-hybridized carbons (Fsp3) is 0.480. The SMILES string of the molecule is O=S(CC1CC1)C1(S(=O)(=O)CC2CC2)N=C2N(N1)C(c1ccccc1)(c1ccccc1)CC2(F)F. The summed E-state index contributed by atoms with van der Waals surface area (Å²) in [6, 6.07) is 17.7. The lowest BCUT2D eigenvalue weighted by atomic mass is 9.80. The van der Waals surface area contributed by atoms with Crippen molar-refractivity contribution in [2.75, 3.05) is 11.5 Å². The highest BCUT2D eigenvalue weighted by Gasteiger charge is 2.69. The minimum Gasteiger partial charge on any atom is -0.271 e. The van der Waals surface area contributed by atoms with Crippen molar-refractivity contribution in [1.82, 2.24) is 10.4 Å². The Morgan fingerprint density at radius 3 is 2.00 bits per heavy atom. The maximum atomic E-state index is 15.8. The largest absolute Gasteiger partial charge is 0.308 e. The lowest BCUT2D eigenvalue weighted by Gasteiger charge is -2.40. The molecule has 0 spiro atoms. The number of nitrogens with zero attached hydrogens (tertiary/aromatic N) is 2. The third-order valence-corrected chi connectivity index (χ3v) is 12.2. The van der Waals surface area contributed by atoms with Gasteiger partial charge in [0.1, 0.15) is 5.54 Å². The number of hydrogen-bond donors (Lipinski definition) is 1. The van der Waals surface area contributed by atoms with Gasteiger partial charge in [-0.25, -0.2) is 13.4 Å². The highest BCUT2D eigenvalue weighted by atomic mass is 32.3. The quantitative estimate of drug-likeness (QED) is 0.574. The Bertz CT molecular complexity index is 1260. The molecular weight excluding hydrogens is 492 g/mol. The number of hydrazine groups is 1. The van der Waals surface area contributed by atoms with E-state index in [0.717, 1.165) is 25.7 Å². The van der Waals surface area contributed by atoms with E-state index in [1.165, 1.54) is 5.01 Å². The maximum Gasteiger partial charge on any atom is 0.308 e. The Labute approximate surface area is 206 Å². The topological polar surface area (TPSA) is 78.8 Å². The zero-order valence-corrected chi connectivity index (χ0v) is 20.7. The van der Waals surface area contributed by atoms with Gasteiger partial charge in [0.25, 0.3) is 0 Å². The van der Waals surface area contributed by atoms with Gasteiger partial charge in [0.15, 0.2) is 5.84 Å². The Hall–Kier alpha value is -2.17. The van der Waals surface area contributed by atoms with Crippen LogP contribution in [0.4, 0.5) is 8.78 Å². The number of aliphatic imine (C=N–C) groups is 1. The molecule has 2 aliphatic heterocycles. The molecule has 3 fully saturated rings. The zero-order chi connectivity index (χ0) is 24.5. The molecule has 4 aliphatic rings. The zero-order valence-electron chi connectivity index (χ0n) is 19.1. The van der Waals surface area contributed by atoms with Gasteiger partial charge in [-0.05, 0) is 48.6 Å². The summed E-state index contributed by atoms with van der Waals surface area (Å²) in [7, 11) is -6.19. The number of nitrogens with one attached hydrogen (secondary N) is 1. The molecule has 0 bridgehead atoms. The van der Waals surface area contributed by atoms with Crippen molar-refractivity contribution < 1.29 is 21.4 Å². The molecule has 0 radical (unpaired) electrons.